The predicted octanol–water partition coefficient (Wildman–Crippen LogP) is 3.64. The molecule has 0 aromatic heterocycles. The molecule has 2 N–H and O–H groups in total. The van der Waals surface area contributed by atoms with E-state index in [2.05, 4.69) is 0 Å². The molecular formula is C12H13F4N. The van der Waals surface area contributed by atoms with Gasteiger partial charge in [0.05, 0.1) is 5.56 Å². The second-order valence-corrected chi connectivity index (χ2v) is 4.49. The van der Waals surface area contributed by atoms with Crippen molar-refractivity contribution in [2.24, 2.45) is 11.7 Å². The van der Waals surface area contributed by atoms with Crippen LogP contribution in [0.25, 0.3) is 0 Å². The minimum atomic E-state index is -4.69. The number of hydrogen-bond acceptors (Lipinski definition) is 1. The van der Waals surface area contributed by atoms with Gasteiger partial charge in [-0.2, -0.15) is 13.2 Å². The molecular weight excluding hydrogens is 234 g/mol. The zero-order valence-corrected chi connectivity index (χ0v) is 9.10. The van der Waals surface area contributed by atoms with Crippen molar-refractivity contribution in [3.05, 3.63) is 35.1 Å². The van der Waals surface area contributed by atoms with E-state index in [9.17, 15) is 17.6 Å². The topological polar surface area (TPSA) is 26.0 Å². The van der Waals surface area contributed by atoms with E-state index < -0.39 is 23.6 Å². The van der Waals surface area contributed by atoms with Gasteiger partial charge in [0.15, 0.2) is 0 Å². The maximum atomic E-state index is 13.3. The molecule has 1 saturated carbocycles. The number of rotatable bonds is 3. The van der Waals surface area contributed by atoms with Gasteiger partial charge >= 0.3 is 6.18 Å². The van der Waals surface area contributed by atoms with Crippen molar-refractivity contribution < 1.29 is 17.6 Å². The molecule has 0 spiro atoms. The van der Waals surface area contributed by atoms with Crippen molar-refractivity contribution in [1.29, 1.82) is 0 Å². The highest BCUT2D eigenvalue weighted by Crippen LogP contribution is 2.41. The second kappa shape index (κ2) is 4.29. The van der Waals surface area contributed by atoms with Crippen LogP contribution in [-0.4, -0.2) is 0 Å². The van der Waals surface area contributed by atoms with Crippen LogP contribution < -0.4 is 5.73 Å². The van der Waals surface area contributed by atoms with E-state index in [-0.39, 0.29) is 5.56 Å². The van der Waals surface area contributed by atoms with Crippen molar-refractivity contribution >= 4 is 0 Å². The van der Waals surface area contributed by atoms with E-state index in [0.717, 1.165) is 18.9 Å². The molecule has 1 aromatic rings. The van der Waals surface area contributed by atoms with Crippen LogP contribution in [0.2, 0.25) is 0 Å². The predicted molar refractivity (Wildman–Crippen MR) is 55.7 cm³/mol. The molecule has 2 rings (SSSR count). The molecule has 0 saturated heterocycles. The molecule has 1 aromatic carbocycles. The van der Waals surface area contributed by atoms with Crippen LogP contribution in [-0.2, 0) is 6.18 Å². The molecule has 0 unspecified atom stereocenters. The van der Waals surface area contributed by atoms with Crippen LogP contribution in [0.1, 0.15) is 36.4 Å². The van der Waals surface area contributed by atoms with Gasteiger partial charge in [0.2, 0.25) is 0 Å². The van der Waals surface area contributed by atoms with Crippen molar-refractivity contribution in [3.8, 4) is 0 Å². The normalized spacial score (nSPS) is 18.2. The molecule has 5 heteroatoms. The lowest BCUT2D eigenvalue weighted by Gasteiger charge is -2.18. The summed E-state index contributed by atoms with van der Waals surface area (Å²) in [7, 11) is 0. The number of halogens is 4. The summed E-state index contributed by atoms with van der Waals surface area (Å²) in [5.41, 5.74) is 4.39. The summed E-state index contributed by atoms with van der Waals surface area (Å²) in [4.78, 5) is 0. The van der Waals surface area contributed by atoms with Gasteiger partial charge in [0, 0.05) is 6.04 Å². The minimum Gasteiger partial charge on any atom is -0.324 e. The average Bonchev–Trinajstić information content (AvgIpc) is 2.99. The average molecular weight is 247 g/mol. The number of hydrogen-bond donors (Lipinski definition) is 1. The Morgan fingerprint density at radius 3 is 2.47 bits per heavy atom. The molecule has 0 radical (unpaired) electrons. The highest BCUT2D eigenvalue weighted by molar-refractivity contribution is 5.33. The monoisotopic (exact) mass is 247 g/mol. The molecule has 17 heavy (non-hydrogen) atoms. The molecule has 1 aliphatic carbocycles. The molecule has 0 amide bonds. The Morgan fingerprint density at radius 1 is 1.29 bits per heavy atom. The van der Waals surface area contributed by atoms with Crippen LogP contribution in [0.5, 0.6) is 0 Å². The zero-order chi connectivity index (χ0) is 12.6. The van der Waals surface area contributed by atoms with Crippen LogP contribution in [0, 0.1) is 11.7 Å². The maximum absolute atomic E-state index is 13.3. The quantitative estimate of drug-likeness (QED) is 0.811. The standard InChI is InChI=1S/C12H13F4N/c13-9-3-1-2-8(11(9)12(14,15)16)10(17)6-7-4-5-7/h1-3,7,10H,4-6,17H2/t10-/m1/s1. The molecule has 0 aliphatic heterocycles. The highest BCUT2D eigenvalue weighted by Gasteiger charge is 2.38. The van der Waals surface area contributed by atoms with Gasteiger partial charge in [-0.3, -0.25) is 0 Å². The van der Waals surface area contributed by atoms with Crippen LogP contribution in [0.15, 0.2) is 18.2 Å². The maximum Gasteiger partial charge on any atom is 0.419 e. The van der Waals surface area contributed by atoms with Gasteiger partial charge in [-0.15, -0.1) is 0 Å². The summed E-state index contributed by atoms with van der Waals surface area (Å²) >= 11 is 0. The van der Waals surface area contributed by atoms with E-state index in [4.69, 9.17) is 5.73 Å². The summed E-state index contributed by atoms with van der Waals surface area (Å²) in [5.74, 6) is -0.851. The Balaban J connectivity index is 2.34. The first-order valence-corrected chi connectivity index (χ1v) is 5.50. The lowest BCUT2D eigenvalue weighted by atomic mass is 9.96. The van der Waals surface area contributed by atoms with Gasteiger partial charge < -0.3 is 5.73 Å². The van der Waals surface area contributed by atoms with Crippen molar-refractivity contribution in [1.82, 2.24) is 0 Å². The fourth-order valence-electron chi connectivity index (χ4n) is 1.99. The Kier molecular flexibility index (Phi) is 3.12. The summed E-state index contributed by atoms with van der Waals surface area (Å²) in [6, 6.07) is 2.61. The van der Waals surface area contributed by atoms with E-state index in [1.165, 1.54) is 12.1 Å². The lowest BCUT2D eigenvalue weighted by Crippen LogP contribution is -2.19. The third kappa shape index (κ3) is 2.77. The molecule has 1 atom stereocenters. The van der Waals surface area contributed by atoms with E-state index >= 15 is 0 Å². The van der Waals surface area contributed by atoms with Crippen LogP contribution in [0.4, 0.5) is 17.6 Å². The third-order valence-electron chi connectivity index (χ3n) is 3.01. The number of nitrogens with two attached hydrogens (primary N) is 1. The van der Waals surface area contributed by atoms with Crippen molar-refractivity contribution in [3.63, 3.8) is 0 Å². The Labute approximate surface area is 96.6 Å². The van der Waals surface area contributed by atoms with E-state index in [1.807, 2.05) is 0 Å². The first-order chi connectivity index (χ1) is 7.89. The summed E-state index contributed by atoms with van der Waals surface area (Å²) < 4.78 is 51.5. The number of alkyl halides is 3. The molecule has 0 bridgehead atoms. The van der Waals surface area contributed by atoms with Crippen LogP contribution in [0.3, 0.4) is 0 Å². The van der Waals surface area contributed by atoms with Crippen LogP contribution >= 0.6 is 0 Å². The highest BCUT2D eigenvalue weighted by atomic mass is 19.4. The lowest BCUT2D eigenvalue weighted by molar-refractivity contribution is -0.140. The molecule has 1 fully saturated rings. The summed E-state index contributed by atoms with van der Waals surface area (Å²) in [5, 5.41) is 0. The summed E-state index contributed by atoms with van der Waals surface area (Å²) in [6.07, 6.45) is -2.19. The first-order valence-electron chi connectivity index (χ1n) is 5.50. The fraction of sp³-hybridized carbons (Fsp3) is 0.500. The first kappa shape index (κ1) is 12.4. The smallest absolute Gasteiger partial charge is 0.324 e. The van der Waals surface area contributed by atoms with Gasteiger partial charge in [0.25, 0.3) is 0 Å². The molecule has 94 valence electrons. The molecule has 1 nitrogen and oxygen atoms in total. The molecule has 0 heterocycles. The van der Waals surface area contributed by atoms with Gasteiger partial charge in [-0.25, -0.2) is 4.39 Å². The van der Waals surface area contributed by atoms with Gasteiger partial charge in [-0.1, -0.05) is 25.0 Å². The minimum absolute atomic E-state index is 0.135. The third-order valence-corrected chi connectivity index (χ3v) is 3.01. The van der Waals surface area contributed by atoms with Crippen molar-refractivity contribution in [2.45, 2.75) is 31.5 Å². The molecule has 1 aliphatic rings. The van der Waals surface area contributed by atoms with Crippen molar-refractivity contribution in [2.75, 3.05) is 0 Å². The van der Waals surface area contributed by atoms with E-state index in [1.54, 1.807) is 0 Å². The summed E-state index contributed by atoms with van der Waals surface area (Å²) in [6.45, 7) is 0. The Morgan fingerprint density at radius 2 is 1.94 bits per heavy atom. The van der Waals surface area contributed by atoms with Gasteiger partial charge in [0.1, 0.15) is 5.82 Å². The number of benzene rings is 1. The van der Waals surface area contributed by atoms with Gasteiger partial charge in [-0.05, 0) is 24.0 Å². The SMILES string of the molecule is N[C@H](CC1CC1)c1cccc(F)c1C(F)(F)F. The second-order valence-electron chi connectivity index (χ2n) is 4.49. The zero-order valence-electron chi connectivity index (χ0n) is 9.10. The van der Waals surface area contributed by atoms with E-state index in [0.29, 0.717) is 12.3 Å². The Hall–Kier alpha value is -1.10. The largest absolute Gasteiger partial charge is 0.419 e. The fourth-order valence-corrected chi connectivity index (χ4v) is 1.99. The Bertz CT molecular complexity index is 409.